The maximum absolute atomic E-state index is 12.5. The molecule has 2 aromatic heterocycles. The van der Waals surface area contributed by atoms with E-state index in [1.165, 1.54) is 12.8 Å². The zero-order chi connectivity index (χ0) is 22.7. The zero-order valence-electron chi connectivity index (χ0n) is 18.7. The summed E-state index contributed by atoms with van der Waals surface area (Å²) in [5, 5.41) is 9.68. The Morgan fingerprint density at radius 3 is 2.56 bits per heavy atom. The highest BCUT2D eigenvalue weighted by Crippen LogP contribution is 2.31. The Morgan fingerprint density at radius 1 is 1.09 bits per heavy atom. The lowest BCUT2D eigenvalue weighted by atomic mass is 10.0. The molecule has 1 aliphatic rings. The number of carbonyl (C=O) groups is 2. The summed E-state index contributed by atoms with van der Waals surface area (Å²) in [6.07, 6.45) is 5.20. The molecule has 8 heteroatoms. The molecule has 168 valence electrons. The summed E-state index contributed by atoms with van der Waals surface area (Å²) in [6.45, 7) is 5.43. The van der Waals surface area contributed by atoms with Crippen molar-refractivity contribution < 1.29 is 18.5 Å². The number of nitrogens with one attached hydrogen (secondary N) is 2. The van der Waals surface area contributed by atoms with Gasteiger partial charge >= 0.3 is 0 Å². The molecule has 0 aliphatic heterocycles. The van der Waals surface area contributed by atoms with E-state index in [0.29, 0.717) is 58.0 Å². The Bertz CT molecular complexity index is 1110. The van der Waals surface area contributed by atoms with Crippen molar-refractivity contribution in [1.82, 2.24) is 15.5 Å². The Kier molecular flexibility index (Phi) is 6.39. The molecule has 3 aromatic rings. The van der Waals surface area contributed by atoms with Gasteiger partial charge in [0.25, 0.3) is 5.91 Å². The second-order valence-electron chi connectivity index (χ2n) is 8.35. The van der Waals surface area contributed by atoms with Gasteiger partial charge in [-0.25, -0.2) is 4.98 Å². The van der Waals surface area contributed by atoms with Crippen LogP contribution < -0.4 is 10.6 Å². The van der Waals surface area contributed by atoms with E-state index in [9.17, 15) is 9.59 Å². The summed E-state index contributed by atoms with van der Waals surface area (Å²) in [5.74, 6) is 1.69. The van der Waals surface area contributed by atoms with Crippen LogP contribution in [0.1, 0.15) is 65.4 Å². The smallest absolute Gasteiger partial charge is 0.257 e. The van der Waals surface area contributed by atoms with Gasteiger partial charge in [0, 0.05) is 6.42 Å². The predicted molar refractivity (Wildman–Crippen MR) is 119 cm³/mol. The number of hydrogen-bond acceptors (Lipinski definition) is 6. The molecule has 2 amide bonds. The second-order valence-corrected chi connectivity index (χ2v) is 8.35. The first-order valence-corrected chi connectivity index (χ1v) is 11.0. The fraction of sp³-hybridized carbons (Fsp3) is 0.417. The van der Waals surface area contributed by atoms with Crippen LogP contribution in [-0.2, 0) is 11.3 Å². The minimum atomic E-state index is -0.273. The predicted octanol–water partition coefficient (Wildman–Crippen LogP) is 4.70. The lowest BCUT2D eigenvalue weighted by molar-refractivity contribution is -0.117. The number of nitrogens with zero attached hydrogens (tertiary/aromatic N) is 2. The first kappa shape index (κ1) is 21.8. The molecule has 0 atom stereocenters. The highest BCUT2D eigenvalue weighted by molar-refractivity contribution is 5.96. The summed E-state index contributed by atoms with van der Waals surface area (Å²) < 4.78 is 10.9. The van der Waals surface area contributed by atoms with Gasteiger partial charge in [0.1, 0.15) is 22.8 Å². The van der Waals surface area contributed by atoms with Crippen molar-refractivity contribution >= 4 is 17.5 Å². The SMILES string of the molecule is Cc1noc(C)c1C(=O)NCc1nc(-c2ccccc2NC(=O)CC2CCCC2)oc1C. The van der Waals surface area contributed by atoms with Gasteiger partial charge in [-0.05, 0) is 51.7 Å². The quantitative estimate of drug-likeness (QED) is 0.555. The van der Waals surface area contributed by atoms with Crippen LogP contribution in [0.25, 0.3) is 11.5 Å². The standard InChI is InChI=1S/C24H28N4O4/c1-14-22(16(3)32-28-14)23(30)25-13-20-15(2)31-24(27-20)18-10-6-7-11-19(18)26-21(29)12-17-8-4-5-9-17/h6-7,10-11,17H,4-5,8-9,12-13H2,1-3H3,(H,25,30)(H,26,29). The van der Waals surface area contributed by atoms with E-state index >= 15 is 0 Å². The van der Waals surface area contributed by atoms with Crippen LogP contribution in [0.15, 0.2) is 33.2 Å². The topological polar surface area (TPSA) is 110 Å². The molecular weight excluding hydrogens is 408 g/mol. The van der Waals surface area contributed by atoms with E-state index in [1.807, 2.05) is 24.3 Å². The molecule has 1 aliphatic carbocycles. The normalized spacial score (nSPS) is 14.0. The fourth-order valence-corrected chi connectivity index (χ4v) is 4.22. The highest BCUT2D eigenvalue weighted by Gasteiger charge is 2.21. The number of carbonyl (C=O) groups excluding carboxylic acids is 2. The van der Waals surface area contributed by atoms with Gasteiger partial charge in [-0.1, -0.05) is 30.1 Å². The number of oxazole rings is 1. The lowest BCUT2D eigenvalue weighted by Crippen LogP contribution is -2.24. The first-order valence-electron chi connectivity index (χ1n) is 11.0. The van der Waals surface area contributed by atoms with Gasteiger partial charge in [-0.2, -0.15) is 0 Å². The molecule has 1 aromatic carbocycles. The van der Waals surface area contributed by atoms with Crippen LogP contribution >= 0.6 is 0 Å². The maximum atomic E-state index is 12.5. The Morgan fingerprint density at radius 2 is 1.84 bits per heavy atom. The van der Waals surface area contributed by atoms with Gasteiger partial charge in [0.05, 0.1) is 23.5 Å². The van der Waals surface area contributed by atoms with Crippen molar-refractivity contribution in [3.8, 4) is 11.5 Å². The number of anilines is 1. The molecule has 2 N–H and O–H groups in total. The van der Waals surface area contributed by atoms with Crippen LogP contribution in [0.4, 0.5) is 5.69 Å². The molecule has 2 heterocycles. The lowest BCUT2D eigenvalue weighted by Gasteiger charge is -2.11. The third-order valence-corrected chi connectivity index (χ3v) is 5.95. The van der Waals surface area contributed by atoms with Crippen molar-refractivity contribution in [2.75, 3.05) is 5.32 Å². The number of para-hydroxylation sites is 1. The average molecular weight is 437 g/mol. The molecule has 1 fully saturated rings. The third kappa shape index (κ3) is 4.74. The van der Waals surface area contributed by atoms with Gasteiger partial charge in [0.2, 0.25) is 11.8 Å². The number of amides is 2. The van der Waals surface area contributed by atoms with E-state index in [4.69, 9.17) is 8.94 Å². The van der Waals surface area contributed by atoms with Crippen molar-refractivity contribution in [3.05, 3.63) is 52.7 Å². The summed E-state index contributed by atoms with van der Waals surface area (Å²) in [4.78, 5) is 29.6. The molecule has 0 bridgehead atoms. The largest absolute Gasteiger partial charge is 0.441 e. The fourth-order valence-electron chi connectivity index (χ4n) is 4.22. The van der Waals surface area contributed by atoms with Crippen LogP contribution in [0, 0.1) is 26.7 Å². The van der Waals surface area contributed by atoms with Crippen LogP contribution in [-0.4, -0.2) is 22.0 Å². The summed E-state index contributed by atoms with van der Waals surface area (Å²) in [7, 11) is 0. The summed E-state index contributed by atoms with van der Waals surface area (Å²) in [6, 6.07) is 7.46. The monoisotopic (exact) mass is 436 g/mol. The third-order valence-electron chi connectivity index (χ3n) is 5.95. The van der Waals surface area contributed by atoms with Crippen molar-refractivity contribution in [1.29, 1.82) is 0 Å². The van der Waals surface area contributed by atoms with Crippen LogP contribution in [0.2, 0.25) is 0 Å². The van der Waals surface area contributed by atoms with E-state index in [2.05, 4.69) is 20.8 Å². The molecule has 0 unspecified atom stereocenters. The highest BCUT2D eigenvalue weighted by atomic mass is 16.5. The van der Waals surface area contributed by atoms with Gasteiger partial charge < -0.3 is 19.6 Å². The Hall–Kier alpha value is -3.42. The second kappa shape index (κ2) is 9.38. The van der Waals surface area contributed by atoms with E-state index in [1.54, 1.807) is 20.8 Å². The maximum Gasteiger partial charge on any atom is 0.257 e. The number of aromatic nitrogens is 2. The first-order chi connectivity index (χ1) is 15.4. The Labute approximate surface area is 186 Å². The molecule has 1 saturated carbocycles. The van der Waals surface area contributed by atoms with Crippen LogP contribution in [0.5, 0.6) is 0 Å². The zero-order valence-corrected chi connectivity index (χ0v) is 18.7. The van der Waals surface area contributed by atoms with Crippen molar-refractivity contribution in [2.24, 2.45) is 5.92 Å². The van der Waals surface area contributed by atoms with E-state index in [0.717, 1.165) is 12.8 Å². The minimum absolute atomic E-state index is 0.0135. The van der Waals surface area contributed by atoms with Crippen molar-refractivity contribution in [2.45, 2.75) is 59.4 Å². The van der Waals surface area contributed by atoms with Crippen molar-refractivity contribution in [3.63, 3.8) is 0 Å². The molecular formula is C24H28N4O4. The molecule has 4 rings (SSSR count). The van der Waals surface area contributed by atoms with E-state index in [-0.39, 0.29) is 18.4 Å². The number of benzene rings is 1. The molecule has 0 spiro atoms. The molecule has 8 nitrogen and oxygen atoms in total. The van der Waals surface area contributed by atoms with Gasteiger partial charge in [-0.3, -0.25) is 9.59 Å². The van der Waals surface area contributed by atoms with Gasteiger partial charge in [-0.15, -0.1) is 0 Å². The number of hydrogen-bond donors (Lipinski definition) is 2. The summed E-state index contributed by atoms with van der Waals surface area (Å²) in [5.41, 5.74) is 2.97. The number of aryl methyl sites for hydroxylation is 3. The number of rotatable bonds is 7. The van der Waals surface area contributed by atoms with E-state index < -0.39 is 0 Å². The molecule has 0 saturated heterocycles. The van der Waals surface area contributed by atoms with Crippen LogP contribution in [0.3, 0.4) is 0 Å². The molecule has 0 radical (unpaired) electrons. The Balaban J connectivity index is 1.46. The summed E-state index contributed by atoms with van der Waals surface area (Å²) >= 11 is 0. The van der Waals surface area contributed by atoms with Gasteiger partial charge in [0.15, 0.2) is 0 Å². The molecule has 32 heavy (non-hydrogen) atoms. The minimum Gasteiger partial charge on any atom is -0.441 e. The average Bonchev–Trinajstić information content (AvgIpc) is 3.48.